The molecule has 1 amide bonds. The summed E-state index contributed by atoms with van der Waals surface area (Å²) in [6.07, 6.45) is 2.08. The molecule has 1 aromatic heterocycles. The van der Waals surface area contributed by atoms with Crippen molar-refractivity contribution >= 4 is 23.2 Å². The van der Waals surface area contributed by atoms with Crippen molar-refractivity contribution in [3.05, 3.63) is 60.3 Å². The Hall–Kier alpha value is -4.24. The number of hydrogen-bond acceptors (Lipinski definition) is 10. The molecular formula is C29H33N7O4. The third-order valence-electron chi connectivity index (χ3n) is 7.23. The smallest absolute Gasteiger partial charge is 0.248 e. The van der Waals surface area contributed by atoms with Gasteiger partial charge in [0, 0.05) is 68.8 Å². The van der Waals surface area contributed by atoms with Crippen molar-refractivity contribution in [3.8, 4) is 23.1 Å². The van der Waals surface area contributed by atoms with E-state index in [1.165, 1.54) is 0 Å². The number of amides is 1. The molecule has 0 spiro atoms. The van der Waals surface area contributed by atoms with E-state index in [-0.39, 0.29) is 18.6 Å². The minimum Gasteiger partial charge on any atom is -0.487 e. The van der Waals surface area contributed by atoms with E-state index < -0.39 is 6.61 Å². The van der Waals surface area contributed by atoms with Crippen LogP contribution in [0.2, 0.25) is 0 Å². The van der Waals surface area contributed by atoms with Crippen molar-refractivity contribution < 1.29 is 19.7 Å². The predicted molar refractivity (Wildman–Crippen MR) is 150 cm³/mol. The molecule has 1 atom stereocenters. The number of anilines is 3. The van der Waals surface area contributed by atoms with Gasteiger partial charge in [0.25, 0.3) is 0 Å². The van der Waals surface area contributed by atoms with Gasteiger partial charge < -0.3 is 30.1 Å². The Labute approximate surface area is 233 Å². The molecule has 11 heteroatoms. The quantitative estimate of drug-likeness (QED) is 0.367. The van der Waals surface area contributed by atoms with Crippen LogP contribution < -0.4 is 15.0 Å². The maximum absolute atomic E-state index is 11.7. The lowest BCUT2D eigenvalue weighted by Crippen LogP contribution is -2.47. The van der Waals surface area contributed by atoms with Gasteiger partial charge >= 0.3 is 0 Å². The van der Waals surface area contributed by atoms with E-state index in [1.807, 2.05) is 18.2 Å². The van der Waals surface area contributed by atoms with Gasteiger partial charge in [-0.3, -0.25) is 9.69 Å². The number of aromatic nitrogens is 2. The standard InChI is InChI=1S/C29H33N7O4/c30-18-22-16-21(4-5-27(22)40-25-7-9-36(19-25)28(39)20-38)26-6-8-31-29(33-26)32-23-2-1-3-24(17-23)35-12-10-34(11-13-35)14-15-37/h1-6,8,16-17,25,37-38H,7,9-15,19-20H2,(H,31,32,33)/t25-/m1/s1. The summed E-state index contributed by atoms with van der Waals surface area (Å²) in [5, 5.41) is 31.3. The molecule has 2 fully saturated rings. The Morgan fingerprint density at radius 3 is 2.73 bits per heavy atom. The van der Waals surface area contributed by atoms with E-state index in [0.29, 0.717) is 49.0 Å². The van der Waals surface area contributed by atoms with E-state index in [2.05, 4.69) is 43.3 Å². The van der Waals surface area contributed by atoms with Gasteiger partial charge in [0.05, 0.1) is 24.4 Å². The van der Waals surface area contributed by atoms with Gasteiger partial charge in [-0.2, -0.15) is 5.26 Å². The van der Waals surface area contributed by atoms with Crippen molar-refractivity contribution in [1.29, 1.82) is 5.26 Å². The van der Waals surface area contributed by atoms with Gasteiger partial charge in [-0.25, -0.2) is 9.97 Å². The van der Waals surface area contributed by atoms with E-state index in [1.54, 1.807) is 29.3 Å². The molecule has 3 heterocycles. The van der Waals surface area contributed by atoms with Gasteiger partial charge in [-0.15, -0.1) is 0 Å². The molecule has 2 aliphatic rings. The number of nitrogens with one attached hydrogen (secondary N) is 1. The van der Waals surface area contributed by atoms with E-state index in [4.69, 9.17) is 9.84 Å². The van der Waals surface area contributed by atoms with Crippen molar-refractivity contribution in [2.75, 3.05) is 69.2 Å². The van der Waals surface area contributed by atoms with Crippen LogP contribution in [-0.2, 0) is 4.79 Å². The number of hydrogen-bond donors (Lipinski definition) is 3. The Kier molecular flexibility index (Phi) is 8.71. The summed E-state index contributed by atoms with van der Waals surface area (Å²) in [7, 11) is 0. The summed E-state index contributed by atoms with van der Waals surface area (Å²) in [5.74, 6) is 0.579. The van der Waals surface area contributed by atoms with E-state index in [9.17, 15) is 15.2 Å². The van der Waals surface area contributed by atoms with Crippen LogP contribution in [0.4, 0.5) is 17.3 Å². The van der Waals surface area contributed by atoms with Gasteiger partial charge in [-0.05, 0) is 42.5 Å². The monoisotopic (exact) mass is 543 g/mol. The number of nitrogens with zero attached hydrogens (tertiary/aromatic N) is 6. The second kappa shape index (κ2) is 12.7. The number of β-amino-alcohol motifs (C(OH)–C–C–N with tert-alkyl or cyclic N) is 1. The number of likely N-dealkylation sites (tertiary alicyclic amines) is 1. The largest absolute Gasteiger partial charge is 0.487 e. The molecule has 208 valence electrons. The number of carbonyl (C=O) groups excluding carboxylic acids is 1. The summed E-state index contributed by atoms with van der Waals surface area (Å²) in [5.41, 5.74) is 3.79. The number of aliphatic hydroxyl groups is 2. The summed E-state index contributed by atoms with van der Waals surface area (Å²) in [6, 6.07) is 17.5. The SMILES string of the molecule is N#Cc1cc(-c2ccnc(Nc3cccc(N4CCN(CCO)CC4)c3)n2)ccc1O[C@@H]1CCN(C(=O)CO)C1. The first-order chi connectivity index (χ1) is 19.6. The van der Waals surface area contributed by atoms with Gasteiger partial charge in [0.2, 0.25) is 11.9 Å². The predicted octanol–water partition coefficient (Wildman–Crippen LogP) is 1.85. The third-order valence-corrected chi connectivity index (χ3v) is 7.23. The number of rotatable bonds is 9. The van der Waals surface area contributed by atoms with Crippen LogP contribution in [0.5, 0.6) is 5.75 Å². The molecule has 2 aromatic carbocycles. The van der Waals surface area contributed by atoms with E-state index >= 15 is 0 Å². The molecule has 2 aliphatic heterocycles. The second-order valence-corrected chi connectivity index (χ2v) is 9.84. The van der Waals surface area contributed by atoms with Crippen LogP contribution in [0.25, 0.3) is 11.3 Å². The first-order valence-corrected chi connectivity index (χ1v) is 13.4. The van der Waals surface area contributed by atoms with Crippen LogP contribution >= 0.6 is 0 Å². The third kappa shape index (κ3) is 6.48. The van der Waals surface area contributed by atoms with Crippen LogP contribution in [-0.4, -0.2) is 101 Å². The van der Waals surface area contributed by atoms with Crippen molar-refractivity contribution in [3.63, 3.8) is 0 Å². The molecule has 0 unspecified atom stereocenters. The first-order valence-electron chi connectivity index (χ1n) is 13.4. The average molecular weight is 544 g/mol. The molecule has 0 radical (unpaired) electrons. The van der Waals surface area contributed by atoms with Crippen LogP contribution in [0, 0.1) is 11.3 Å². The highest BCUT2D eigenvalue weighted by molar-refractivity contribution is 5.77. The lowest BCUT2D eigenvalue weighted by molar-refractivity contribution is -0.133. The molecule has 2 saturated heterocycles. The maximum Gasteiger partial charge on any atom is 0.248 e. The van der Waals surface area contributed by atoms with Crippen LogP contribution in [0.15, 0.2) is 54.7 Å². The molecule has 0 bridgehead atoms. The highest BCUT2D eigenvalue weighted by Gasteiger charge is 2.27. The number of nitriles is 1. The molecule has 40 heavy (non-hydrogen) atoms. The second-order valence-electron chi connectivity index (χ2n) is 9.84. The molecular weight excluding hydrogens is 510 g/mol. The van der Waals surface area contributed by atoms with Gasteiger partial charge in [0.1, 0.15) is 24.5 Å². The summed E-state index contributed by atoms with van der Waals surface area (Å²) in [4.78, 5) is 27.0. The number of piperazine rings is 1. The molecule has 11 nitrogen and oxygen atoms in total. The molecule has 5 rings (SSSR count). The number of ether oxygens (including phenoxy) is 1. The Morgan fingerprint density at radius 1 is 1.10 bits per heavy atom. The number of benzene rings is 2. The topological polar surface area (TPSA) is 138 Å². The number of carbonyl (C=O) groups is 1. The van der Waals surface area contributed by atoms with Crippen molar-refractivity contribution in [2.45, 2.75) is 12.5 Å². The summed E-state index contributed by atoms with van der Waals surface area (Å²) < 4.78 is 6.03. The van der Waals surface area contributed by atoms with Crippen molar-refractivity contribution in [1.82, 2.24) is 19.8 Å². The zero-order valence-corrected chi connectivity index (χ0v) is 22.2. The Bertz CT molecular complexity index is 1370. The normalized spacial score (nSPS) is 17.5. The fourth-order valence-corrected chi connectivity index (χ4v) is 5.07. The molecule has 0 saturated carbocycles. The average Bonchev–Trinajstić information content (AvgIpc) is 3.46. The fraction of sp³-hybridized carbons (Fsp3) is 0.379. The lowest BCUT2D eigenvalue weighted by atomic mass is 10.1. The summed E-state index contributed by atoms with van der Waals surface area (Å²) >= 11 is 0. The highest BCUT2D eigenvalue weighted by atomic mass is 16.5. The Morgan fingerprint density at radius 2 is 1.95 bits per heavy atom. The maximum atomic E-state index is 11.7. The highest BCUT2D eigenvalue weighted by Crippen LogP contribution is 2.29. The zero-order valence-electron chi connectivity index (χ0n) is 22.2. The summed E-state index contributed by atoms with van der Waals surface area (Å²) in [6.45, 7) is 4.91. The minimum absolute atomic E-state index is 0.183. The molecule has 0 aliphatic carbocycles. The van der Waals surface area contributed by atoms with Crippen LogP contribution in [0.1, 0.15) is 12.0 Å². The molecule has 3 aromatic rings. The molecule has 3 N–H and O–H groups in total. The van der Waals surface area contributed by atoms with Crippen molar-refractivity contribution in [2.24, 2.45) is 0 Å². The number of aliphatic hydroxyl groups excluding tert-OH is 2. The van der Waals surface area contributed by atoms with Crippen LogP contribution in [0.3, 0.4) is 0 Å². The lowest BCUT2D eigenvalue weighted by Gasteiger charge is -2.35. The van der Waals surface area contributed by atoms with E-state index in [0.717, 1.165) is 43.1 Å². The van der Waals surface area contributed by atoms with Gasteiger partial charge in [-0.1, -0.05) is 6.07 Å². The first kappa shape index (κ1) is 27.3. The van der Waals surface area contributed by atoms with Gasteiger partial charge in [0.15, 0.2) is 0 Å². The zero-order chi connectivity index (χ0) is 27.9. The minimum atomic E-state index is -0.518. The fourth-order valence-electron chi connectivity index (χ4n) is 5.07. The Balaban J connectivity index is 1.25.